The summed E-state index contributed by atoms with van der Waals surface area (Å²) in [7, 11) is 0. The van der Waals surface area contributed by atoms with Gasteiger partial charge in [0.1, 0.15) is 12.7 Å². The highest BCUT2D eigenvalue weighted by atomic mass is 35.5. The highest BCUT2D eigenvalue weighted by molar-refractivity contribution is 6.31. The van der Waals surface area contributed by atoms with Crippen LogP contribution in [0.25, 0.3) is 5.69 Å². The molecule has 9 heteroatoms. The molecule has 4 rings (SSSR count). The number of benzene rings is 1. The van der Waals surface area contributed by atoms with Crippen LogP contribution in [0, 0.1) is 5.92 Å². The fourth-order valence-electron chi connectivity index (χ4n) is 3.43. The summed E-state index contributed by atoms with van der Waals surface area (Å²) in [6, 6.07) is 5.17. The van der Waals surface area contributed by atoms with E-state index in [4.69, 9.17) is 11.6 Å². The molecule has 1 unspecified atom stereocenters. The third-order valence-electron chi connectivity index (χ3n) is 4.70. The van der Waals surface area contributed by atoms with Gasteiger partial charge in [-0.15, -0.1) is 0 Å². The second kappa shape index (κ2) is 7.79. The van der Waals surface area contributed by atoms with Gasteiger partial charge in [-0.1, -0.05) is 11.6 Å². The number of nitrogens with one attached hydrogen (secondary N) is 1. The number of halogens is 1. The molecule has 0 radical (unpaired) electrons. The Bertz CT molecular complexity index is 895. The van der Waals surface area contributed by atoms with E-state index in [1.54, 1.807) is 29.3 Å². The van der Waals surface area contributed by atoms with E-state index in [9.17, 15) is 4.79 Å². The molecular weight excluding hydrogens is 366 g/mol. The molecule has 140 valence electrons. The number of likely N-dealkylation sites (tertiary alicyclic amines) is 1. The predicted molar refractivity (Wildman–Crippen MR) is 102 cm³/mol. The SMILES string of the molecule is O=C(Nc1cc(Cl)ccc1-n1cncn1)N1CCCC(Cn2ccnc2)C1. The minimum Gasteiger partial charge on any atom is -0.337 e. The van der Waals surface area contributed by atoms with Crippen molar-refractivity contribution >= 4 is 23.3 Å². The van der Waals surface area contributed by atoms with E-state index in [1.807, 2.05) is 23.5 Å². The molecule has 1 aliphatic heterocycles. The molecule has 1 N–H and O–H groups in total. The molecule has 0 spiro atoms. The fourth-order valence-corrected chi connectivity index (χ4v) is 3.60. The normalized spacial score (nSPS) is 17.1. The Labute approximate surface area is 161 Å². The summed E-state index contributed by atoms with van der Waals surface area (Å²) in [6.45, 7) is 2.32. The second-order valence-electron chi connectivity index (χ2n) is 6.65. The zero-order valence-electron chi connectivity index (χ0n) is 14.7. The smallest absolute Gasteiger partial charge is 0.321 e. The molecule has 1 atom stereocenters. The van der Waals surface area contributed by atoms with Crippen molar-refractivity contribution in [2.45, 2.75) is 19.4 Å². The highest BCUT2D eigenvalue weighted by Gasteiger charge is 2.24. The van der Waals surface area contributed by atoms with Crippen molar-refractivity contribution in [2.75, 3.05) is 18.4 Å². The first-order valence-corrected chi connectivity index (χ1v) is 9.23. The van der Waals surface area contributed by atoms with E-state index >= 15 is 0 Å². The van der Waals surface area contributed by atoms with E-state index < -0.39 is 0 Å². The summed E-state index contributed by atoms with van der Waals surface area (Å²) in [6.07, 6.45) is 10.7. The standard InChI is InChI=1S/C18H20ClN7O/c19-15-3-4-17(26-13-21-11-22-26)16(8-15)23-18(27)25-6-1-2-14(10-25)9-24-7-5-20-12-24/h3-5,7-8,11-14H,1-2,6,9-10H2,(H,23,27). The Morgan fingerprint density at radius 3 is 3.00 bits per heavy atom. The number of amides is 2. The van der Waals surface area contributed by atoms with Crippen LogP contribution in [-0.4, -0.2) is 48.3 Å². The molecule has 0 bridgehead atoms. The Kier molecular flexibility index (Phi) is 5.06. The van der Waals surface area contributed by atoms with Crippen molar-refractivity contribution in [2.24, 2.45) is 5.92 Å². The van der Waals surface area contributed by atoms with Crippen LogP contribution in [0.2, 0.25) is 5.02 Å². The summed E-state index contributed by atoms with van der Waals surface area (Å²) in [5.74, 6) is 0.410. The first kappa shape index (κ1) is 17.5. The van der Waals surface area contributed by atoms with E-state index in [2.05, 4.69) is 25.0 Å². The number of piperidine rings is 1. The van der Waals surface area contributed by atoms with Crippen LogP contribution in [0.5, 0.6) is 0 Å². The lowest BCUT2D eigenvalue weighted by atomic mass is 9.98. The Balaban J connectivity index is 1.46. The number of aromatic nitrogens is 5. The molecular formula is C18H20ClN7O. The van der Waals surface area contributed by atoms with Gasteiger partial charge in [-0.2, -0.15) is 5.10 Å². The van der Waals surface area contributed by atoms with Crippen molar-refractivity contribution < 1.29 is 4.79 Å². The minimum absolute atomic E-state index is 0.131. The first-order valence-electron chi connectivity index (χ1n) is 8.85. The summed E-state index contributed by atoms with van der Waals surface area (Å²) in [5, 5.41) is 7.67. The molecule has 3 aromatic rings. The van der Waals surface area contributed by atoms with E-state index in [0.717, 1.165) is 31.6 Å². The number of hydrogen-bond acceptors (Lipinski definition) is 4. The van der Waals surface area contributed by atoms with Gasteiger partial charge in [-0.25, -0.2) is 19.4 Å². The van der Waals surface area contributed by atoms with Crippen LogP contribution in [0.1, 0.15) is 12.8 Å². The Morgan fingerprint density at radius 1 is 1.30 bits per heavy atom. The maximum Gasteiger partial charge on any atom is 0.321 e. The maximum atomic E-state index is 12.9. The van der Waals surface area contributed by atoms with Crippen LogP contribution >= 0.6 is 11.6 Å². The number of anilines is 1. The van der Waals surface area contributed by atoms with Crippen molar-refractivity contribution in [3.8, 4) is 5.69 Å². The van der Waals surface area contributed by atoms with Gasteiger partial charge in [-0.3, -0.25) is 0 Å². The molecule has 1 aliphatic rings. The Hall–Kier alpha value is -2.87. The van der Waals surface area contributed by atoms with Gasteiger partial charge in [0.2, 0.25) is 0 Å². The maximum absolute atomic E-state index is 12.9. The van der Waals surface area contributed by atoms with Crippen LogP contribution in [0.3, 0.4) is 0 Å². The zero-order chi connectivity index (χ0) is 18.6. The van der Waals surface area contributed by atoms with Crippen LogP contribution < -0.4 is 5.32 Å². The number of urea groups is 1. The van der Waals surface area contributed by atoms with E-state index in [-0.39, 0.29) is 6.03 Å². The number of hydrogen-bond donors (Lipinski definition) is 1. The van der Waals surface area contributed by atoms with Gasteiger partial charge in [-0.05, 0) is 37.0 Å². The molecule has 0 saturated carbocycles. The molecule has 2 amide bonds. The summed E-state index contributed by atoms with van der Waals surface area (Å²) in [4.78, 5) is 22.8. The van der Waals surface area contributed by atoms with E-state index in [1.165, 1.54) is 6.33 Å². The summed E-state index contributed by atoms with van der Waals surface area (Å²) in [5.41, 5.74) is 1.33. The monoisotopic (exact) mass is 385 g/mol. The van der Waals surface area contributed by atoms with Crippen molar-refractivity contribution in [1.82, 2.24) is 29.2 Å². The number of imidazole rings is 1. The third kappa shape index (κ3) is 4.11. The molecule has 3 heterocycles. The van der Waals surface area contributed by atoms with Crippen LogP contribution in [-0.2, 0) is 6.54 Å². The number of carbonyl (C=O) groups is 1. The number of carbonyl (C=O) groups excluding carboxylic acids is 1. The largest absolute Gasteiger partial charge is 0.337 e. The molecule has 1 aromatic carbocycles. The Morgan fingerprint density at radius 2 is 2.22 bits per heavy atom. The predicted octanol–water partition coefficient (Wildman–Crippen LogP) is 3.06. The first-order chi connectivity index (χ1) is 13.2. The quantitative estimate of drug-likeness (QED) is 0.748. The summed E-state index contributed by atoms with van der Waals surface area (Å²) >= 11 is 6.13. The third-order valence-corrected chi connectivity index (χ3v) is 4.94. The zero-order valence-corrected chi connectivity index (χ0v) is 15.5. The van der Waals surface area contributed by atoms with Crippen molar-refractivity contribution in [3.05, 3.63) is 54.6 Å². The van der Waals surface area contributed by atoms with Gasteiger partial charge in [0.05, 0.1) is 17.7 Å². The average molecular weight is 386 g/mol. The van der Waals surface area contributed by atoms with E-state index in [0.29, 0.717) is 23.2 Å². The molecule has 1 saturated heterocycles. The number of rotatable bonds is 4. The number of nitrogens with zero attached hydrogens (tertiary/aromatic N) is 6. The lowest BCUT2D eigenvalue weighted by molar-refractivity contribution is 0.170. The summed E-state index contributed by atoms with van der Waals surface area (Å²) < 4.78 is 3.66. The molecule has 8 nitrogen and oxygen atoms in total. The van der Waals surface area contributed by atoms with Crippen molar-refractivity contribution in [1.29, 1.82) is 0 Å². The van der Waals surface area contributed by atoms with Gasteiger partial charge in [0.25, 0.3) is 0 Å². The lowest BCUT2D eigenvalue weighted by Gasteiger charge is -2.33. The molecule has 1 fully saturated rings. The average Bonchev–Trinajstić information content (AvgIpc) is 3.36. The lowest BCUT2D eigenvalue weighted by Crippen LogP contribution is -2.43. The topological polar surface area (TPSA) is 80.9 Å². The highest BCUT2D eigenvalue weighted by Crippen LogP contribution is 2.25. The van der Waals surface area contributed by atoms with Crippen LogP contribution in [0.4, 0.5) is 10.5 Å². The second-order valence-corrected chi connectivity index (χ2v) is 7.08. The van der Waals surface area contributed by atoms with Gasteiger partial charge in [0.15, 0.2) is 0 Å². The van der Waals surface area contributed by atoms with Crippen LogP contribution in [0.15, 0.2) is 49.6 Å². The van der Waals surface area contributed by atoms with Gasteiger partial charge >= 0.3 is 6.03 Å². The van der Waals surface area contributed by atoms with Crippen molar-refractivity contribution in [3.63, 3.8) is 0 Å². The molecule has 2 aromatic heterocycles. The van der Waals surface area contributed by atoms with Gasteiger partial charge < -0.3 is 14.8 Å². The van der Waals surface area contributed by atoms with Gasteiger partial charge in [0, 0.05) is 37.1 Å². The molecule has 0 aliphatic carbocycles. The molecule has 27 heavy (non-hydrogen) atoms. The fraction of sp³-hybridized carbons (Fsp3) is 0.333. The minimum atomic E-state index is -0.131.